The van der Waals surface area contributed by atoms with Crippen molar-refractivity contribution in [1.82, 2.24) is 9.38 Å². The maximum absolute atomic E-state index is 12.0. The molecule has 7 heteroatoms. The maximum Gasteiger partial charge on any atom is 0.494 e. The smallest absolute Gasteiger partial charge is 0.465 e. The zero-order valence-corrected chi connectivity index (χ0v) is 18.9. The van der Waals surface area contributed by atoms with E-state index in [0.717, 1.165) is 33.3 Å². The molecule has 0 saturated carbocycles. The number of fused-ring (bicyclic) bond motifs is 3. The normalized spacial score (nSPS) is 17.2. The molecule has 162 valence electrons. The number of esters is 1. The highest BCUT2D eigenvalue weighted by atomic mass is 16.7. The van der Waals surface area contributed by atoms with E-state index in [-0.39, 0.29) is 17.2 Å². The molecule has 0 amide bonds. The number of carbonyl (C=O) groups excluding carboxylic acids is 1. The van der Waals surface area contributed by atoms with Gasteiger partial charge >= 0.3 is 13.1 Å². The summed E-state index contributed by atoms with van der Waals surface area (Å²) in [6.07, 6.45) is 2.00. The van der Waals surface area contributed by atoms with E-state index in [1.807, 2.05) is 76.4 Å². The minimum Gasteiger partial charge on any atom is -0.465 e. The van der Waals surface area contributed by atoms with Gasteiger partial charge in [-0.15, -0.1) is 0 Å². The van der Waals surface area contributed by atoms with Crippen LogP contribution in [0, 0.1) is 0 Å². The molecule has 1 aliphatic heterocycles. The minimum absolute atomic E-state index is 0.380. The van der Waals surface area contributed by atoms with Crippen LogP contribution < -0.4 is 5.46 Å². The number of hydrogen-bond donors (Lipinski definition) is 0. The summed E-state index contributed by atoms with van der Waals surface area (Å²) in [7, 11) is 0.969. The third-order valence-corrected chi connectivity index (χ3v) is 6.59. The average molecular weight is 428 g/mol. The Morgan fingerprint density at radius 1 is 0.969 bits per heavy atom. The van der Waals surface area contributed by atoms with Gasteiger partial charge < -0.3 is 18.4 Å². The molecule has 0 unspecified atom stereocenters. The van der Waals surface area contributed by atoms with Crippen LogP contribution in [0.5, 0.6) is 0 Å². The maximum atomic E-state index is 12.0. The summed E-state index contributed by atoms with van der Waals surface area (Å²) in [6, 6.07) is 17.6. The summed E-state index contributed by atoms with van der Waals surface area (Å²) < 4.78 is 19.3. The predicted molar refractivity (Wildman–Crippen MR) is 125 cm³/mol. The van der Waals surface area contributed by atoms with E-state index >= 15 is 0 Å². The Balaban J connectivity index is 1.57. The Kier molecular flexibility index (Phi) is 4.66. The van der Waals surface area contributed by atoms with Crippen molar-refractivity contribution < 1.29 is 18.8 Å². The van der Waals surface area contributed by atoms with Gasteiger partial charge in [-0.1, -0.05) is 24.3 Å². The fraction of sp³-hybridized carbons (Fsp3) is 0.280. The van der Waals surface area contributed by atoms with Crippen LogP contribution in [0.4, 0.5) is 0 Å². The molecule has 0 bridgehead atoms. The summed E-state index contributed by atoms with van der Waals surface area (Å²) in [5.41, 5.74) is 5.12. The van der Waals surface area contributed by atoms with Gasteiger partial charge in [0.2, 0.25) is 0 Å². The molecule has 32 heavy (non-hydrogen) atoms. The number of benzene rings is 2. The molecule has 4 aromatic rings. The van der Waals surface area contributed by atoms with Crippen molar-refractivity contribution in [3.05, 3.63) is 66.4 Å². The summed E-state index contributed by atoms with van der Waals surface area (Å²) in [6.45, 7) is 8.19. The van der Waals surface area contributed by atoms with Crippen molar-refractivity contribution in [2.75, 3.05) is 7.11 Å². The summed E-state index contributed by atoms with van der Waals surface area (Å²) in [5.74, 6) is -0.380. The SMILES string of the molecule is COC(=O)c1ccc2c(c1)nc(-c1ccc(B3OC(C)(C)C(C)(C)O3)cc1)c1cccn12. The molecule has 0 radical (unpaired) electrons. The second-order valence-electron chi connectivity index (χ2n) is 9.13. The minimum atomic E-state index is -0.408. The number of nitrogens with zero attached hydrogens (tertiary/aromatic N) is 2. The highest BCUT2D eigenvalue weighted by molar-refractivity contribution is 6.62. The van der Waals surface area contributed by atoms with E-state index in [1.165, 1.54) is 7.11 Å². The first-order chi connectivity index (χ1) is 15.2. The monoisotopic (exact) mass is 428 g/mol. The van der Waals surface area contributed by atoms with E-state index in [2.05, 4.69) is 4.40 Å². The number of aromatic nitrogens is 2. The predicted octanol–water partition coefficient (Wildman–Crippen LogP) is 4.24. The summed E-state index contributed by atoms with van der Waals surface area (Å²) in [4.78, 5) is 16.9. The molecule has 2 aromatic carbocycles. The highest BCUT2D eigenvalue weighted by Gasteiger charge is 2.51. The van der Waals surface area contributed by atoms with Gasteiger partial charge in [-0.05, 0) is 63.5 Å². The van der Waals surface area contributed by atoms with Gasteiger partial charge in [0.15, 0.2) is 0 Å². The Labute approximate surface area is 187 Å². The molecule has 0 atom stereocenters. The molecule has 1 fully saturated rings. The topological polar surface area (TPSA) is 62.1 Å². The third-order valence-electron chi connectivity index (χ3n) is 6.59. The molecule has 3 heterocycles. The largest absolute Gasteiger partial charge is 0.494 e. The molecule has 5 rings (SSSR count). The fourth-order valence-electron chi connectivity index (χ4n) is 4.01. The lowest BCUT2D eigenvalue weighted by atomic mass is 9.79. The second kappa shape index (κ2) is 7.19. The van der Waals surface area contributed by atoms with Crippen molar-refractivity contribution in [3.63, 3.8) is 0 Å². The van der Waals surface area contributed by atoms with E-state index in [1.54, 1.807) is 12.1 Å². The zero-order chi connectivity index (χ0) is 22.7. The molecule has 0 N–H and O–H groups in total. The van der Waals surface area contributed by atoms with Crippen LogP contribution in [0.2, 0.25) is 0 Å². The van der Waals surface area contributed by atoms with Crippen molar-refractivity contribution >= 4 is 35.1 Å². The molecule has 2 aromatic heterocycles. The quantitative estimate of drug-likeness (QED) is 0.361. The van der Waals surface area contributed by atoms with Crippen molar-refractivity contribution in [2.45, 2.75) is 38.9 Å². The van der Waals surface area contributed by atoms with Gasteiger partial charge in [-0.3, -0.25) is 0 Å². The van der Waals surface area contributed by atoms with E-state index in [0.29, 0.717) is 5.56 Å². The van der Waals surface area contributed by atoms with Crippen LogP contribution in [0.1, 0.15) is 38.1 Å². The molecule has 1 aliphatic rings. The number of ether oxygens (including phenoxy) is 1. The summed E-state index contributed by atoms with van der Waals surface area (Å²) in [5, 5.41) is 0. The third kappa shape index (κ3) is 3.20. The van der Waals surface area contributed by atoms with Crippen molar-refractivity contribution in [3.8, 4) is 11.3 Å². The van der Waals surface area contributed by atoms with Gasteiger partial charge in [0.05, 0.1) is 46.1 Å². The van der Waals surface area contributed by atoms with E-state index < -0.39 is 7.12 Å². The van der Waals surface area contributed by atoms with Crippen molar-refractivity contribution in [2.24, 2.45) is 0 Å². The van der Waals surface area contributed by atoms with Crippen LogP contribution in [-0.4, -0.2) is 40.8 Å². The van der Waals surface area contributed by atoms with Crippen LogP contribution in [0.25, 0.3) is 27.8 Å². The molecule has 1 saturated heterocycles. The van der Waals surface area contributed by atoms with Crippen LogP contribution in [0.3, 0.4) is 0 Å². The summed E-state index contributed by atoms with van der Waals surface area (Å²) >= 11 is 0. The van der Waals surface area contributed by atoms with E-state index in [4.69, 9.17) is 19.0 Å². The molecular weight excluding hydrogens is 403 g/mol. The first kappa shape index (κ1) is 20.7. The number of carbonyl (C=O) groups is 1. The first-order valence-corrected chi connectivity index (χ1v) is 10.7. The fourth-order valence-corrected chi connectivity index (χ4v) is 4.01. The lowest BCUT2D eigenvalue weighted by Gasteiger charge is -2.32. The number of hydrogen-bond acceptors (Lipinski definition) is 5. The zero-order valence-electron chi connectivity index (χ0n) is 18.9. The van der Waals surface area contributed by atoms with Gasteiger partial charge in [0, 0.05) is 11.8 Å². The Bertz CT molecular complexity index is 1330. The lowest BCUT2D eigenvalue weighted by molar-refractivity contribution is 0.00578. The molecule has 6 nitrogen and oxygen atoms in total. The average Bonchev–Trinajstić information content (AvgIpc) is 3.34. The molecule has 0 spiro atoms. The van der Waals surface area contributed by atoms with Crippen LogP contribution in [0.15, 0.2) is 60.8 Å². The standard InChI is InChI=1S/C25H25BN2O4/c1-24(2)25(3,4)32-26(31-24)18-11-8-16(9-12-18)22-21-7-6-14-28(21)20-13-10-17(23(29)30-5)15-19(20)27-22/h6-15H,1-5H3. The Morgan fingerprint density at radius 3 is 2.31 bits per heavy atom. The van der Waals surface area contributed by atoms with Gasteiger partial charge in [0.25, 0.3) is 0 Å². The Morgan fingerprint density at radius 2 is 1.66 bits per heavy atom. The van der Waals surface area contributed by atoms with Gasteiger partial charge in [-0.25, -0.2) is 9.78 Å². The highest BCUT2D eigenvalue weighted by Crippen LogP contribution is 2.36. The number of rotatable bonds is 3. The molecular formula is C25H25BN2O4. The Hall–Kier alpha value is -3.16. The van der Waals surface area contributed by atoms with E-state index in [9.17, 15) is 4.79 Å². The molecule has 0 aliphatic carbocycles. The van der Waals surface area contributed by atoms with Crippen LogP contribution >= 0.6 is 0 Å². The first-order valence-electron chi connectivity index (χ1n) is 10.7. The van der Waals surface area contributed by atoms with Crippen LogP contribution in [-0.2, 0) is 14.0 Å². The second-order valence-corrected chi connectivity index (χ2v) is 9.13. The van der Waals surface area contributed by atoms with Crippen molar-refractivity contribution in [1.29, 1.82) is 0 Å². The lowest BCUT2D eigenvalue weighted by Crippen LogP contribution is -2.41. The van der Waals surface area contributed by atoms with Gasteiger partial charge in [0.1, 0.15) is 0 Å². The number of methoxy groups -OCH3 is 1. The van der Waals surface area contributed by atoms with Gasteiger partial charge in [-0.2, -0.15) is 0 Å².